The van der Waals surface area contributed by atoms with Gasteiger partial charge in [-0.25, -0.2) is 13.6 Å². The van der Waals surface area contributed by atoms with E-state index in [0.717, 1.165) is 18.2 Å². The summed E-state index contributed by atoms with van der Waals surface area (Å²) >= 11 is 0. The first-order valence-electron chi connectivity index (χ1n) is 3.43. The Labute approximate surface area is 72.8 Å². The van der Waals surface area contributed by atoms with Crippen LogP contribution in [0.5, 0.6) is 0 Å². The molecular weight excluding hydrogens is 180 g/mol. The first-order valence-corrected chi connectivity index (χ1v) is 3.43. The topological polar surface area (TPSA) is 63.3 Å². The van der Waals surface area contributed by atoms with E-state index in [-0.39, 0.29) is 16.8 Å². The van der Waals surface area contributed by atoms with Crippen LogP contribution in [0.3, 0.4) is 0 Å². The number of benzene rings is 1. The van der Waals surface area contributed by atoms with Crippen molar-refractivity contribution in [3.63, 3.8) is 0 Å². The third kappa shape index (κ3) is 1.93. The highest BCUT2D eigenvalue weighted by Gasteiger charge is 2.12. The fourth-order valence-corrected chi connectivity index (χ4v) is 0.912. The second-order valence-electron chi connectivity index (χ2n) is 2.45. The largest absolute Gasteiger partial charge is 0.478 e. The molecule has 1 aromatic carbocycles. The van der Waals surface area contributed by atoms with E-state index in [9.17, 15) is 13.6 Å². The lowest BCUT2D eigenvalue weighted by molar-refractivity contribution is 0.0697. The van der Waals surface area contributed by atoms with Crippen LogP contribution in [0.4, 0.5) is 14.5 Å². The molecule has 1 aromatic rings. The zero-order chi connectivity index (χ0) is 10.0. The van der Waals surface area contributed by atoms with Crippen molar-refractivity contribution in [1.82, 2.24) is 0 Å². The molecule has 0 amide bonds. The highest BCUT2D eigenvalue weighted by Crippen LogP contribution is 2.22. The maximum absolute atomic E-state index is 12.1. The number of carbonyl (C=O) groups is 1. The van der Waals surface area contributed by atoms with Crippen LogP contribution in [0.1, 0.15) is 22.3 Å². The van der Waals surface area contributed by atoms with Crippen molar-refractivity contribution in [2.24, 2.45) is 0 Å². The summed E-state index contributed by atoms with van der Waals surface area (Å²) in [5.74, 6) is -1.22. The number of hydrogen-bond donors (Lipinski definition) is 2. The zero-order valence-corrected chi connectivity index (χ0v) is 6.50. The van der Waals surface area contributed by atoms with Crippen LogP contribution in [0, 0.1) is 0 Å². The van der Waals surface area contributed by atoms with Crippen molar-refractivity contribution in [2.45, 2.75) is 6.43 Å². The minimum Gasteiger partial charge on any atom is -0.478 e. The summed E-state index contributed by atoms with van der Waals surface area (Å²) in [5.41, 5.74) is 4.66. The molecule has 0 aromatic heterocycles. The molecular formula is C8H7F2NO2. The van der Waals surface area contributed by atoms with Crippen molar-refractivity contribution in [3.8, 4) is 0 Å². The molecule has 0 heterocycles. The number of nitrogen functional groups attached to an aromatic ring is 1. The van der Waals surface area contributed by atoms with E-state index in [1.54, 1.807) is 0 Å². The van der Waals surface area contributed by atoms with Crippen molar-refractivity contribution in [2.75, 3.05) is 5.73 Å². The van der Waals surface area contributed by atoms with Crippen molar-refractivity contribution >= 4 is 11.7 Å². The standard InChI is InChI=1S/C8H7F2NO2/c9-7(10)4-1-2-5(8(12)13)6(11)3-4/h1-3,7H,11H2,(H,12,13). The second-order valence-corrected chi connectivity index (χ2v) is 2.45. The van der Waals surface area contributed by atoms with E-state index in [4.69, 9.17) is 10.8 Å². The average molecular weight is 187 g/mol. The number of nitrogens with two attached hydrogens (primary N) is 1. The Kier molecular flexibility index (Phi) is 2.46. The Morgan fingerprint density at radius 3 is 2.46 bits per heavy atom. The number of carboxylic acids is 1. The summed E-state index contributed by atoms with van der Waals surface area (Å²) in [6, 6.07) is 3.08. The summed E-state index contributed by atoms with van der Waals surface area (Å²) in [5, 5.41) is 8.53. The minimum atomic E-state index is -2.63. The highest BCUT2D eigenvalue weighted by molar-refractivity contribution is 5.93. The molecule has 0 aliphatic carbocycles. The maximum atomic E-state index is 12.1. The normalized spacial score (nSPS) is 10.4. The molecule has 0 aliphatic rings. The molecule has 0 unspecified atom stereocenters. The van der Waals surface area contributed by atoms with Gasteiger partial charge in [0.05, 0.1) is 5.56 Å². The number of halogens is 2. The van der Waals surface area contributed by atoms with Gasteiger partial charge in [0.1, 0.15) is 0 Å². The van der Waals surface area contributed by atoms with Crippen LogP contribution in [0.15, 0.2) is 18.2 Å². The third-order valence-electron chi connectivity index (χ3n) is 1.56. The monoisotopic (exact) mass is 187 g/mol. The van der Waals surface area contributed by atoms with Crippen LogP contribution < -0.4 is 5.73 Å². The van der Waals surface area contributed by atoms with E-state index < -0.39 is 12.4 Å². The molecule has 3 N–H and O–H groups in total. The summed E-state index contributed by atoms with van der Waals surface area (Å²) in [7, 11) is 0. The molecule has 0 saturated carbocycles. The Morgan fingerprint density at radius 2 is 2.08 bits per heavy atom. The molecule has 0 spiro atoms. The van der Waals surface area contributed by atoms with Gasteiger partial charge < -0.3 is 10.8 Å². The number of alkyl halides is 2. The highest BCUT2D eigenvalue weighted by atomic mass is 19.3. The quantitative estimate of drug-likeness (QED) is 0.695. The zero-order valence-electron chi connectivity index (χ0n) is 6.50. The lowest BCUT2D eigenvalue weighted by Crippen LogP contribution is -2.02. The van der Waals surface area contributed by atoms with Crippen LogP contribution in [0.2, 0.25) is 0 Å². The molecule has 0 atom stereocenters. The third-order valence-corrected chi connectivity index (χ3v) is 1.56. The Bertz CT molecular complexity index is 339. The smallest absolute Gasteiger partial charge is 0.337 e. The Morgan fingerprint density at radius 1 is 1.46 bits per heavy atom. The van der Waals surface area contributed by atoms with Gasteiger partial charge in [-0.05, 0) is 12.1 Å². The Balaban J connectivity index is 3.13. The van der Waals surface area contributed by atoms with Crippen molar-refractivity contribution in [3.05, 3.63) is 29.3 Å². The fourth-order valence-electron chi connectivity index (χ4n) is 0.912. The number of hydrogen-bond acceptors (Lipinski definition) is 2. The van der Waals surface area contributed by atoms with Gasteiger partial charge in [0, 0.05) is 11.3 Å². The predicted octanol–water partition coefficient (Wildman–Crippen LogP) is 1.90. The summed E-state index contributed by atoms with van der Waals surface area (Å²) in [6.07, 6.45) is -2.63. The van der Waals surface area contributed by atoms with Gasteiger partial charge >= 0.3 is 5.97 Å². The van der Waals surface area contributed by atoms with Crippen LogP contribution in [0.25, 0.3) is 0 Å². The van der Waals surface area contributed by atoms with E-state index in [1.807, 2.05) is 0 Å². The molecule has 0 fully saturated rings. The van der Waals surface area contributed by atoms with Gasteiger partial charge in [-0.1, -0.05) is 6.07 Å². The van der Waals surface area contributed by atoms with E-state index in [2.05, 4.69) is 0 Å². The Hall–Kier alpha value is -1.65. The molecule has 5 heteroatoms. The van der Waals surface area contributed by atoms with Crippen LogP contribution in [-0.2, 0) is 0 Å². The van der Waals surface area contributed by atoms with Gasteiger partial charge in [-0.2, -0.15) is 0 Å². The van der Waals surface area contributed by atoms with Crippen molar-refractivity contribution < 1.29 is 18.7 Å². The maximum Gasteiger partial charge on any atom is 0.337 e. The van der Waals surface area contributed by atoms with E-state index in [1.165, 1.54) is 0 Å². The molecule has 1 rings (SSSR count). The summed E-state index contributed by atoms with van der Waals surface area (Å²) in [6.45, 7) is 0. The summed E-state index contributed by atoms with van der Waals surface area (Å²) in [4.78, 5) is 10.4. The lowest BCUT2D eigenvalue weighted by atomic mass is 10.1. The predicted molar refractivity (Wildman–Crippen MR) is 42.8 cm³/mol. The molecule has 0 radical (unpaired) electrons. The molecule has 0 aliphatic heterocycles. The first-order chi connectivity index (χ1) is 6.02. The summed E-state index contributed by atoms with van der Waals surface area (Å²) < 4.78 is 24.2. The number of aromatic carboxylic acids is 1. The fraction of sp³-hybridized carbons (Fsp3) is 0.125. The minimum absolute atomic E-state index is 0.148. The number of carboxylic acid groups (broad SMARTS) is 1. The second kappa shape index (κ2) is 3.38. The first kappa shape index (κ1) is 9.44. The average Bonchev–Trinajstić information content (AvgIpc) is 2.03. The van der Waals surface area contributed by atoms with E-state index >= 15 is 0 Å². The molecule has 0 bridgehead atoms. The number of rotatable bonds is 2. The molecule has 13 heavy (non-hydrogen) atoms. The molecule has 3 nitrogen and oxygen atoms in total. The van der Waals surface area contributed by atoms with Crippen LogP contribution in [-0.4, -0.2) is 11.1 Å². The van der Waals surface area contributed by atoms with Gasteiger partial charge in [0.2, 0.25) is 0 Å². The van der Waals surface area contributed by atoms with Gasteiger partial charge in [0.15, 0.2) is 0 Å². The molecule has 70 valence electrons. The SMILES string of the molecule is Nc1cc(C(F)F)ccc1C(=O)O. The lowest BCUT2D eigenvalue weighted by Gasteiger charge is -2.03. The van der Waals surface area contributed by atoms with Crippen LogP contribution >= 0.6 is 0 Å². The molecule has 0 saturated heterocycles. The van der Waals surface area contributed by atoms with Gasteiger partial charge in [0.25, 0.3) is 6.43 Å². The number of anilines is 1. The van der Waals surface area contributed by atoms with Gasteiger partial charge in [-0.15, -0.1) is 0 Å². The van der Waals surface area contributed by atoms with Gasteiger partial charge in [-0.3, -0.25) is 0 Å². The van der Waals surface area contributed by atoms with E-state index in [0.29, 0.717) is 0 Å². The van der Waals surface area contributed by atoms with Crippen molar-refractivity contribution in [1.29, 1.82) is 0 Å².